The maximum Gasteiger partial charge on any atom is 0.410 e. The fraction of sp³-hybridized carbons (Fsp3) is 0.938. The predicted octanol–water partition coefficient (Wildman–Crippen LogP) is 4.25. The molecule has 0 aromatic heterocycles. The highest BCUT2D eigenvalue weighted by molar-refractivity contribution is 14.1. The standard InChI is InChI=1S/C16H30INO3/c1-13(2)6-11-20-16(12-17)7-9-18(10-8-16)14(19)21-15(3,4)5/h13H,6-12H2,1-5H3. The zero-order valence-corrected chi connectivity index (χ0v) is 16.2. The summed E-state index contributed by atoms with van der Waals surface area (Å²) in [5, 5.41) is 0. The van der Waals surface area contributed by atoms with E-state index in [0.717, 1.165) is 43.4 Å². The van der Waals surface area contributed by atoms with Gasteiger partial charge in [-0.25, -0.2) is 4.79 Å². The maximum atomic E-state index is 12.1. The molecule has 21 heavy (non-hydrogen) atoms. The van der Waals surface area contributed by atoms with Crippen LogP contribution in [0.15, 0.2) is 0 Å². The van der Waals surface area contributed by atoms with Gasteiger partial charge in [-0.05, 0) is 46.0 Å². The molecule has 1 aliphatic heterocycles. The molecule has 0 aromatic carbocycles. The monoisotopic (exact) mass is 411 g/mol. The van der Waals surface area contributed by atoms with Gasteiger partial charge in [0, 0.05) is 24.1 Å². The Morgan fingerprint density at radius 3 is 2.29 bits per heavy atom. The van der Waals surface area contributed by atoms with E-state index >= 15 is 0 Å². The van der Waals surface area contributed by atoms with E-state index in [2.05, 4.69) is 36.4 Å². The molecule has 0 radical (unpaired) electrons. The molecule has 0 saturated carbocycles. The van der Waals surface area contributed by atoms with Crippen LogP contribution in [-0.2, 0) is 9.47 Å². The van der Waals surface area contributed by atoms with Crippen molar-refractivity contribution in [2.24, 2.45) is 5.92 Å². The van der Waals surface area contributed by atoms with Gasteiger partial charge in [-0.1, -0.05) is 36.4 Å². The molecule has 0 bridgehead atoms. The van der Waals surface area contributed by atoms with E-state index < -0.39 is 5.60 Å². The highest BCUT2D eigenvalue weighted by atomic mass is 127. The summed E-state index contributed by atoms with van der Waals surface area (Å²) >= 11 is 2.40. The van der Waals surface area contributed by atoms with Crippen LogP contribution in [0, 0.1) is 5.92 Å². The minimum absolute atomic E-state index is 0.0615. The lowest BCUT2D eigenvalue weighted by Crippen LogP contribution is -2.50. The first-order chi connectivity index (χ1) is 9.67. The van der Waals surface area contributed by atoms with Gasteiger partial charge in [0.1, 0.15) is 5.60 Å². The Kier molecular flexibility index (Phi) is 7.24. The van der Waals surface area contributed by atoms with Crippen molar-refractivity contribution in [3.63, 3.8) is 0 Å². The Labute approximate surface area is 143 Å². The Morgan fingerprint density at radius 2 is 1.86 bits per heavy atom. The maximum absolute atomic E-state index is 12.1. The summed E-state index contributed by atoms with van der Waals surface area (Å²) in [5.41, 5.74) is -0.489. The van der Waals surface area contributed by atoms with Gasteiger partial charge in [0.05, 0.1) is 5.60 Å². The number of rotatable bonds is 5. The fourth-order valence-electron chi connectivity index (χ4n) is 2.25. The smallest absolute Gasteiger partial charge is 0.410 e. The minimum Gasteiger partial charge on any atom is -0.444 e. The van der Waals surface area contributed by atoms with Crippen LogP contribution in [-0.4, -0.2) is 46.3 Å². The van der Waals surface area contributed by atoms with E-state index in [1.54, 1.807) is 0 Å². The van der Waals surface area contributed by atoms with Gasteiger partial charge >= 0.3 is 6.09 Å². The average Bonchev–Trinajstić information content (AvgIpc) is 2.37. The number of amides is 1. The van der Waals surface area contributed by atoms with E-state index in [-0.39, 0.29) is 11.7 Å². The van der Waals surface area contributed by atoms with E-state index in [1.807, 2.05) is 25.7 Å². The molecule has 124 valence electrons. The topological polar surface area (TPSA) is 38.8 Å². The molecule has 0 spiro atoms. The second-order valence-electron chi connectivity index (χ2n) is 7.32. The molecule has 0 aliphatic carbocycles. The lowest BCUT2D eigenvalue weighted by molar-refractivity contribution is -0.0700. The number of likely N-dealkylation sites (tertiary alicyclic amines) is 1. The number of carbonyl (C=O) groups excluding carboxylic acids is 1. The third-order valence-corrected chi connectivity index (χ3v) is 5.06. The first-order valence-electron chi connectivity index (χ1n) is 7.85. The average molecular weight is 411 g/mol. The number of alkyl halides is 1. The van der Waals surface area contributed by atoms with Crippen molar-refractivity contribution in [1.82, 2.24) is 4.90 Å². The van der Waals surface area contributed by atoms with E-state index in [4.69, 9.17) is 9.47 Å². The largest absolute Gasteiger partial charge is 0.444 e. The van der Waals surface area contributed by atoms with Crippen molar-refractivity contribution >= 4 is 28.7 Å². The molecule has 0 aromatic rings. The molecule has 1 fully saturated rings. The summed E-state index contributed by atoms with van der Waals surface area (Å²) in [6.07, 6.45) is 2.68. The van der Waals surface area contributed by atoms with Crippen molar-refractivity contribution in [2.75, 3.05) is 24.1 Å². The first kappa shape index (κ1) is 19.0. The van der Waals surface area contributed by atoms with Crippen LogP contribution in [0.3, 0.4) is 0 Å². The van der Waals surface area contributed by atoms with Crippen LogP contribution in [0.2, 0.25) is 0 Å². The van der Waals surface area contributed by atoms with E-state index in [0.29, 0.717) is 5.92 Å². The van der Waals surface area contributed by atoms with Crippen molar-refractivity contribution in [1.29, 1.82) is 0 Å². The number of hydrogen-bond acceptors (Lipinski definition) is 3. The van der Waals surface area contributed by atoms with Crippen LogP contribution in [0.25, 0.3) is 0 Å². The third kappa shape index (κ3) is 6.72. The van der Waals surface area contributed by atoms with Crippen LogP contribution in [0.1, 0.15) is 53.9 Å². The van der Waals surface area contributed by atoms with Crippen LogP contribution >= 0.6 is 22.6 Å². The SMILES string of the molecule is CC(C)CCOC1(CI)CCN(C(=O)OC(C)(C)C)CC1. The van der Waals surface area contributed by atoms with Crippen LogP contribution in [0.4, 0.5) is 4.79 Å². The van der Waals surface area contributed by atoms with Gasteiger partial charge in [-0.3, -0.25) is 0 Å². The molecule has 0 unspecified atom stereocenters. The van der Waals surface area contributed by atoms with Gasteiger partial charge in [-0.15, -0.1) is 0 Å². The molecule has 5 heteroatoms. The van der Waals surface area contributed by atoms with Gasteiger partial charge in [0.15, 0.2) is 0 Å². The molecular formula is C16H30INO3. The van der Waals surface area contributed by atoms with Crippen molar-refractivity contribution in [3.05, 3.63) is 0 Å². The quantitative estimate of drug-likeness (QED) is 0.502. The number of halogens is 1. The second kappa shape index (κ2) is 7.99. The number of nitrogens with zero attached hydrogens (tertiary/aromatic N) is 1. The molecular weight excluding hydrogens is 381 g/mol. The Balaban J connectivity index is 2.46. The Hall–Kier alpha value is -0.0400. The minimum atomic E-state index is -0.428. The van der Waals surface area contributed by atoms with Crippen LogP contribution in [0.5, 0.6) is 0 Å². The summed E-state index contributed by atoms with van der Waals surface area (Å²) in [6, 6.07) is 0. The molecule has 1 saturated heterocycles. The van der Waals surface area contributed by atoms with Gasteiger partial charge in [0.25, 0.3) is 0 Å². The predicted molar refractivity (Wildman–Crippen MR) is 94.1 cm³/mol. The normalized spacial score (nSPS) is 18.9. The lowest BCUT2D eigenvalue weighted by Gasteiger charge is -2.41. The highest BCUT2D eigenvalue weighted by Gasteiger charge is 2.37. The highest BCUT2D eigenvalue weighted by Crippen LogP contribution is 2.30. The molecule has 0 N–H and O–H groups in total. The lowest BCUT2D eigenvalue weighted by atomic mass is 9.93. The van der Waals surface area contributed by atoms with Crippen molar-refractivity contribution in [2.45, 2.75) is 65.1 Å². The zero-order chi connectivity index (χ0) is 16.1. The Morgan fingerprint density at radius 1 is 1.29 bits per heavy atom. The summed E-state index contributed by atoms with van der Waals surface area (Å²) in [5.74, 6) is 0.665. The molecule has 4 nitrogen and oxygen atoms in total. The van der Waals surface area contributed by atoms with E-state index in [9.17, 15) is 4.79 Å². The van der Waals surface area contributed by atoms with Crippen molar-refractivity contribution in [3.8, 4) is 0 Å². The number of ether oxygens (including phenoxy) is 2. The molecule has 1 rings (SSSR count). The zero-order valence-electron chi connectivity index (χ0n) is 14.1. The summed E-state index contributed by atoms with van der Waals surface area (Å²) in [4.78, 5) is 13.9. The van der Waals surface area contributed by atoms with Crippen molar-refractivity contribution < 1.29 is 14.3 Å². The van der Waals surface area contributed by atoms with Crippen LogP contribution < -0.4 is 0 Å². The summed E-state index contributed by atoms with van der Waals surface area (Å²) in [7, 11) is 0. The van der Waals surface area contributed by atoms with Gasteiger partial charge in [0.2, 0.25) is 0 Å². The summed E-state index contributed by atoms with van der Waals surface area (Å²) < 4.78 is 12.6. The fourth-order valence-corrected chi connectivity index (χ4v) is 3.23. The second-order valence-corrected chi connectivity index (χ2v) is 8.08. The van der Waals surface area contributed by atoms with E-state index in [1.165, 1.54) is 0 Å². The molecule has 1 aliphatic rings. The summed E-state index contributed by atoms with van der Waals surface area (Å²) in [6.45, 7) is 12.4. The number of carbonyl (C=O) groups is 1. The Bertz CT molecular complexity index is 331. The van der Waals surface area contributed by atoms with Gasteiger partial charge in [-0.2, -0.15) is 0 Å². The molecule has 0 atom stereocenters. The third-order valence-electron chi connectivity index (χ3n) is 3.67. The molecule has 1 amide bonds. The van der Waals surface area contributed by atoms with Gasteiger partial charge < -0.3 is 14.4 Å². The molecule has 1 heterocycles. The first-order valence-corrected chi connectivity index (χ1v) is 9.38. The number of hydrogen-bond donors (Lipinski definition) is 0. The number of piperidine rings is 1.